The van der Waals surface area contributed by atoms with Crippen molar-refractivity contribution in [3.05, 3.63) is 27.7 Å². The molecule has 0 unspecified atom stereocenters. The maximum absolute atomic E-state index is 11.3. The van der Waals surface area contributed by atoms with Gasteiger partial charge in [0.05, 0.1) is 6.54 Å². The summed E-state index contributed by atoms with van der Waals surface area (Å²) in [5.41, 5.74) is 1.35. The highest BCUT2D eigenvalue weighted by Crippen LogP contribution is 2.29. The van der Waals surface area contributed by atoms with E-state index in [1.807, 2.05) is 6.92 Å². The largest absolute Gasteiger partial charge is 0.350 e. The first-order valence-electron chi connectivity index (χ1n) is 5.03. The van der Waals surface area contributed by atoms with Crippen LogP contribution in [0.1, 0.15) is 12.5 Å². The first-order valence-corrected chi connectivity index (χ1v) is 5.78. The molecule has 1 rings (SSSR count). The van der Waals surface area contributed by atoms with Gasteiger partial charge in [-0.3, -0.25) is 9.59 Å². The fourth-order valence-electron chi connectivity index (χ4n) is 1.35. The van der Waals surface area contributed by atoms with E-state index in [-0.39, 0.29) is 12.5 Å². The molecule has 2 N–H and O–H groups in total. The van der Waals surface area contributed by atoms with E-state index in [9.17, 15) is 9.59 Å². The molecule has 0 saturated heterocycles. The smallest absolute Gasteiger partial charge is 0.243 e. The Morgan fingerprint density at radius 2 is 1.94 bits per heavy atom. The van der Waals surface area contributed by atoms with Gasteiger partial charge in [0, 0.05) is 15.7 Å². The second kappa shape index (κ2) is 6.47. The number of rotatable bonds is 5. The van der Waals surface area contributed by atoms with Crippen molar-refractivity contribution in [3.8, 4) is 0 Å². The number of hydrogen-bond acceptors (Lipinski definition) is 2. The van der Waals surface area contributed by atoms with Crippen LogP contribution >= 0.6 is 23.2 Å². The molecular weight excluding hydrogens is 263 g/mol. The van der Waals surface area contributed by atoms with Crippen LogP contribution in [0.15, 0.2) is 12.1 Å². The summed E-state index contributed by atoms with van der Waals surface area (Å²) in [6.45, 7) is 1.85. The monoisotopic (exact) mass is 274 g/mol. The van der Waals surface area contributed by atoms with Gasteiger partial charge in [0.25, 0.3) is 0 Å². The Morgan fingerprint density at radius 1 is 1.35 bits per heavy atom. The molecule has 0 aliphatic heterocycles. The molecule has 0 radical (unpaired) electrons. The molecule has 0 saturated carbocycles. The third-order valence-electron chi connectivity index (χ3n) is 2.12. The molecule has 0 aliphatic carbocycles. The summed E-state index contributed by atoms with van der Waals surface area (Å²) in [5.74, 6) is -0.339. The van der Waals surface area contributed by atoms with Gasteiger partial charge in [-0.25, -0.2) is 0 Å². The van der Waals surface area contributed by atoms with Crippen molar-refractivity contribution in [2.24, 2.45) is 0 Å². The molecule has 1 aromatic carbocycles. The summed E-state index contributed by atoms with van der Waals surface area (Å²) >= 11 is 12.0. The van der Waals surface area contributed by atoms with Gasteiger partial charge in [0.15, 0.2) is 0 Å². The zero-order chi connectivity index (χ0) is 12.8. The lowest BCUT2D eigenvalue weighted by atomic mass is 10.1. The van der Waals surface area contributed by atoms with E-state index in [0.717, 1.165) is 12.0 Å². The summed E-state index contributed by atoms with van der Waals surface area (Å²) in [6.07, 6.45) is 1.18. The number of halogens is 2. The third kappa shape index (κ3) is 3.91. The molecule has 92 valence electrons. The Balaban J connectivity index is 2.79. The number of amides is 2. The van der Waals surface area contributed by atoms with Gasteiger partial charge in [-0.1, -0.05) is 30.1 Å². The van der Waals surface area contributed by atoms with Crippen molar-refractivity contribution in [1.82, 2.24) is 5.32 Å². The second-order valence-electron chi connectivity index (χ2n) is 3.32. The molecule has 4 nitrogen and oxygen atoms in total. The van der Waals surface area contributed by atoms with Crippen molar-refractivity contribution in [2.75, 3.05) is 11.9 Å². The average Bonchev–Trinajstić information content (AvgIpc) is 2.26. The van der Waals surface area contributed by atoms with Crippen LogP contribution < -0.4 is 10.6 Å². The van der Waals surface area contributed by atoms with Gasteiger partial charge in [-0.15, -0.1) is 0 Å². The first kappa shape index (κ1) is 13.8. The van der Waals surface area contributed by atoms with Crippen molar-refractivity contribution < 1.29 is 9.59 Å². The number of carbonyl (C=O) groups is 2. The zero-order valence-corrected chi connectivity index (χ0v) is 10.7. The van der Waals surface area contributed by atoms with Crippen LogP contribution in [0, 0.1) is 0 Å². The number of carbonyl (C=O) groups excluding carboxylic acids is 2. The van der Waals surface area contributed by atoms with Crippen LogP contribution in [0.5, 0.6) is 0 Å². The molecule has 1 aromatic rings. The minimum Gasteiger partial charge on any atom is -0.350 e. The van der Waals surface area contributed by atoms with Gasteiger partial charge in [0.1, 0.15) is 0 Å². The lowest BCUT2D eigenvalue weighted by Gasteiger charge is -2.09. The molecule has 17 heavy (non-hydrogen) atoms. The lowest BCUT2D eigenvalue weighted by molar-refractivity contribution is -0.118. The first-order chi connectivity index (χ1) is 8.08. The average molecular weight is 275 g/mol. The fourth-order valence-corrected chi connectivity index (χ4v) is 2.11. The van der Waals surface area contributed by atoms with E-state index in [4.69, 9.17) is 23.2 Å². The maximum Gasteiger partial charge on any atom is 0.243 e. The van der Waals surface area contributed by atoms with E-state index in [0.29, 0.717) is 22.1 Å². The fraction of sp³-hybridized carbons (Fsp3) is 0.273. The van der Waals surface area contributed by atoms with Crippen LogP contribution in [0.25, 0.3) is 0 Å². The van der Waals surface area contributed by atoms with E-state index < -0.39 is 0 Å². The minimum absolute atomic E-state index is 0.0890. The summed E-state index contributed by atoms with van der Waals surface area (Å²) in [7, 11) is 0. The highest BCUT2D eigenvalue weighted by molar-refractivity contribution is 6.36. The van der Waals surface area contributed by atoms with Gasteiger partial charge in [0.2, 0.25) is 12.3 Å². The zero-order valence-electron chi connectivity index (χ0n) is 9.22. The molecule has 0 aliphatic rings. The Labute approximate surface area is 109 Å². The van der Waals surface area contributed by atoms with Crippen molar-refractivity contribution >= 4 is 41.2 Å². The summed E-state index contributed by atoms with van der Waals surface area (Å²) in [4.78, 5) is 21.3. The standard InChI is InChI=1S/C11H12Cl2N2O2/c1-2-8-9(12)3-7(4-10(8)13)15-11(17)5-14-6-16/h3-4,6H,2,5H2,1H3,(H,14,16)(H,15,17). The molecule has 0 fully saturated rings. The number of benzene rings is 1. The lowest BCUT2D eigenvalue weighted by Crippen LogP contribution is -2.26. The molecule has 6 heteroatoms. The molecule has 2 amide bonds. The summed E-state index contributed by atoms with van der Waals surface area (Å²) < 4.78 is 0. The highest BCUT2D eigenvalue weighted by atomic mass is 35.5. The Hall–Kier alpha value is -1.26. The van der Waals surface area contributed by atoms with Crippen LogP contribution in [0.2, 0.25) is 10.0 Å². The van der Waals surface area contributed by atoms with Crippen LogP contribution in [0.3, 0.4) is 0 Å². The van der Waals surface area contributed by atoms with Crippen LogP contribution in [-0.2, 0) is 16.0 Å². The number of anilines is 1. The molecule has 0 heterocycles. The Kier molecular flexibility index (Phi) is 5.25. The predicted molar refractivity (Wildman–Crippen MR) is 68.5 cm³/mol. The number of nitrogens with one attached hydrogen (secondary N) is 2. The van der Waals surface area contributed by atoms with Gasteiger partial charge >= 0.3 is 0 Å². The van der Waals surface area contributed by atoms with E-state index in [1.165, 1.54) is 0 Å². The Morgan fingerprint density at radius 3 is 2.41 bits per heavy atom. The molecule has 0 bridgehead atoms. The van der Waals surface area contributed by atoms with Crippen LogP contribution in [-0.4, -0.2) is 18.9 Å². The Bertz CT molecular complexity index is 412. The summed E-state index contributed by atoms with van der Waals surface area (Å²) in [5, 5.41) is 5.87. The van der Waals surface area contributed by atoms with E-state index >= 15 is 0 Å². The highest BCUT2D eigenvalue weighted by Gasteiger charge is 2.08. The maximum atomic E-state index is 11.3. The number of hydrogen-bond donors (Lipinski definition) is 2. The molecule has 0 aromatic heterocycles. The van der Waals surface area contributed by atoms with Crippen molar-refractivity contribution in [3.63, 3.8) is 0 Å². The predicted octanol–water partition coefficient (Wildman–Crippen LogP) is 2.24. The summed E-state index contributed by atoms with van der Waals surface area (Å²) in [6, 6.07) is 3.26. The third-order valence-corrected chi connectivity index (χ3v) is 2.80. The molecule has 0 atom stereocenters. The quantitative estimate of drug-likeness (QED) is 0.810. The molecule has 0 spiro atoms. The SMILES string of the molecule is CCc1c(Cl)cc(NC(=O)CNC=O)cc1Cl. The molecular formula is C11H12Cl2N2O2. The van der Waals surface area contributed by atoms with Crippen LogP contribution in [0.4, 0.5) is 5.69 Å². The van der Waals surface area contributed by atoms with Gasteiger partial charge in [-0.2, -0.15) is 0 Å². The van der Waals surface area contributed by atoms with Crippen molar-refractivity contribution in [2.45, 2.75) is 13.3 Å². The minimum atomic E-state index is -0.339. The van der Waals surface area contributed by atoms with E-state index in [2.05, 4.69) is 10.6 Å². The second-order valence-corrected chi connectivity index (χ2v) is 4.13. The van der Waals surface area contributed by atoms with E-state index in [1.54, 1.807) is 12.1 Å². The van der Waals surface area contributed by atoms with Gasteiger partial charge in [-0.05, 0) is 24.1 Å². The van der Waals surface area contributed by atoms with Crippen molar-refractivity contribution in [1.29, 1.82) is 0 Å². The normalized spacial score (nSPS) is 9.82. The van der Waals surface area contributed by atoms with Gasteiger partial charge < -0.3 is 10.6 Å². The topological polar surface area (TPSA) is 58.2 Å².